The van der Waals surface area contributed by atoms with Gasteiger partial charge >= 0.3 is 0 Å². The van der Waals surface area contributed by atoms with Crippen molar-refractivity contribution < 1.29 is 0 Å². The second-order valence-corrected chi connectivity index (χ2v) is 4.43. The first-order chi connectivity index (χ1) is 8.19. The van der Waals surface area contributed by atoms with Gasteiger partial charge in [-0.2, -0.15) is 10.4 Å². The Morgan fingerprint density at radius 1 is 1.29 bits per heavy atom. The first-order valence-electron chi connectivity index (χ1n) is 5.70. The van der Waals surface area contributed by atoms with Crippen molar-refractivity contribution in [3.63, 3.8) is 0 Å². The largest absolute Gasteiger partial charge is 0.268 e. The van der Waals surface area contributed by atoms with Crippen molar-refractivity contribution in [2.75, 3.05) is 0 Å². The summed E-state index contributed by atoms with van der Waals surface area (Å²) in [6.07, 6.45) is 3.98. The third kappa shape index (κ3) is 2.73. The van der Waals surface area contributed by atoms with Gasteiger partial charge in [0.2, 0.25) is 0 Å². The summed E-state index contributed by atoms with van der Waals surface area (Å²) in [4.78, 5) is 0. The number of hydrogen-bond donors (Lipinski definition) is 0. The van der Waals surface area contributed by atoms with Crippen LogP contribution >= 0.6 is 0 Å². The van der Waals surface area contributed by atoms with E-state index in [9.17, 15) is 0 Å². The van der Waals surface area contributed by atoms with E-state index < -0.39 is 0 Å². The smallest absolute Gasteiger partial charge is 0.0991 e. The average Bonchev–Trinajstić information content (AvgIpc) is 2.79. The Bertz CT molecular complexity index is 529. The minimum Gasteiger partial charge on any atom is -0.268 e. The van der Waals surface area contributed by atoms with Crippen molar-refractivity contribution in [2.45, 2.75) is 26.3 Å². The quantitative estimate of drug-likeness (QED) is 0.806. The summed E-state index contributed by atoms with van der Waals surface area (Å²) in [7, 11) is 0. The minimum absolute atomic E-state index is 0.504. The fourth-order valence-electron chi connectivity index (χ4n) is 1.64. The van der Waals surface area contributed by atoms with Crippen LogP contribution in [0.2, 0.25) is 0 Å². The number of aromatic nitrogens is 2. The zero-order chi connectivity index (χ0) is 12.3. The van der Waals surface area contributed by atoms with Crippen LogP contribution in [0.5, 0.6) is 0 Å². The monoisotopic (exact) mass is 225 g/mol. The number of nitriles is 1. The Balaban J connectivity index is 2.11. The molecule has 0 aliphatic heterocycles. The van der Waals surface area contributed by atoms with Gasteiger partial charge in [0.15, 0.2) is 0 Å². The zero-order valence-corrected chi connectivity index (χ0v) is 10.1. The molecule has 17 heavy (non-hydrogen) atoms. The molecule has 0 spiro atoms. The van der Waals surface area contributed by atoms with Crippen LogP contribution in [0.15, 0.2) is 36.7 Å². The number of nitrogens with zero attached hydrogens (tertiary/aromatic N) is 3. The van der Waals surface area contributed by atoms with E-state index in [1.807, 2.05) is 35.1 Å². The Morgan fingerprint density at radius 3 is 2.53 bits per heavy atom. The summed E-state index contributed by atoms with van der Waals surface area (Å²) in [6.45, 7) is 5.06. The maximum Gasteiger partial charge on any atom is 0.0991 e. The zero-order valence-electron chi connectivity index (χ0n) is 10.1. The summed E-state index contributed by atoms with van der Waals surface area (Å²) in [5.74, 6) is 0.504. The van der Waals surface area contributed by atoms with Crippen LogP contribution in [0.1, 0.15) is 36.5 Å². The predicted molar refractivity (Wildman–Crippen MR) is 66.6 cm³/mol. The molecule has 0 aliphatic carbocycles. The lowest BCUT2D eigenvalue weighted by Gasteiger charge is -2.02. The van der Waals surface area contributed by atoms with Crippen LogP contribution in [0.4, 0.5) is 0 Å². The fourth-order valence-corrected chi connectivity index (χ4v) is 1.64. The molecule has 0 radical (unpaired) electrons. The second-order valence-electron chi connectivity index (χ2n) is 4.43. The normalized spacial score (nSPS) is 10.5. The molecular formula is C14H15N3. The molecule has 0 N–H and O–H groups in total. The standard InChI is InChI=1S/C14H15N3/c1-11(2)14-8-16-17(10-14)9-13-5-3-12(7-15)4-6-13/h3-6,8,10-11H,9H2,1-2H3. The predicted octanol–water partition coefficient (Wildman–Crippen LogP) is 2.93. The van der Waals surface area contributed by atoms with Gasteiger partial charge in [0.1, 0.15) is 0 Å². The number of hydrogen-bond acceptors (Lipinski definition) is 2. The Kier molecular flexibility index (Phi) is 3.24. The van der Waals surface area contributed by atoms with Gasteiger partial charge in [-0.1, -0.05) is 26.0 Å². The van der Waals surface area contributed by atoms with Gasteiger partial charge in [-0.05, 0) is 29.2 Å². The number of rotatable bonds is 3. The van der Waals surface area contributed by atoms with Gasteiger partial charge in [0.25, 0.3) is 0 Å². The van der Waals surface area contributed by atoms with Crippen LogP contribution in [-0.2, 0) is 6.54 Å². The van der Waals surface area contributed by atoms with Crippen molar-refractivity contribution in [2.24, 2.45) is 0 Å². The van der Waals surface area contributed by atoms with E-state index in [1.54, 1.807) is 0 Å². The molecule has 1 aromatic heterocycles. The first-order valence-corrected chi connectivity index (χ1v) is 5.70. The van der Waals surface area contributed by atoms with Gasteiger partial charge in [-0.15, -0.1) is 0 Å². The Morgan fingerprint density at radius 2 is 2.00 bits per heavy atom. The molecule has 3 nitrogen and oxygen atoms in total. The fraction of sp³-hybridized carbons (Fsp3) is 0.286. The van der Waals surface area contributed by atoms with Crippen molar-refractivity contribution >= 4 is 0 Å². The van der Waals surface area contributed by atoms with Crippen molar-refractivity contribution in [3.05, 3.63) is 53.3 Å². The van der Waals surface area contributed by atoms with Crippen LogP contribution in [0, 0.1) is 11.3 Å². The summed E-state index contributed by atoms with van der Waals surface area (Å²) in [6, 6.07) is 9.72. The van der Waals surface area contributed by atoms with Gasteiger partial charge in [-0.25, -0.2) is 0 Å². The van der Waals surface area contributed by atoms with Crippen LogP contribution in [-0.4, -0.2) is 9.78 Å². The van der Waals surface area contributed by atoms with Gasteiger partial charge in [-0.3, -0.25) is 4.68 Å². The molecule has 0 unspecified atom stereocenters. The molecule has 86 valence electrons. The summed E-state index contributed by atoms with van der Waals surface area (Å²) < 4.78 is 1.93. The van der Waals surface area contributed by atoms with E-state index in [0.29, 0.717) is 11.5 Å². The molecule has 0 saturated carbocycles. The lowest BCUT2D eigenvalue weighted by molar-refractivity contribution is 0.685. The maximum absolute atomic E-state index is 8.72. The first kappa shape index (κ1) is 11.4. The van der Waals surface area contributed by atoms with E-state index in [4.69, 9.17) is 5.26 Å². The third-order valence-corrected chi connectivity index (χ3v) is 2.75. The highest BCUT2D eigenvalue weighted by Crippen LogP contribution is 2.13. The van der Waals surface area contributed by atoms with E-state index in [0.717, 1.165) is 12.1 Å². The van der Waals surface area contributed by atoms with Crippen molar-refractivity contribution in [1.82, 2.24) is 9.78 Å². The third-order valence-electron chi connectivity index (χ3n) is 2.75. The highest BCUT2D eigenvalue weighted by Gasteiger charge is 2.03. The Hall–Kier alpha value is -2.08. The van der Waals surface area contributed by atoms with Crippen molar-refractivity contribution in [3.8, 4) is 6.07 Å². The summed E-state index contributed by atoms with van der Waals surface area (Å²) >= 11 is 0. The maximum atomic E-state index is 8.72. The average molecular weight is 225 g/mol. The second kappa shape index (κ2) is 4.84. The van der Waals surface area contributed by atoms with Gasteiger partial charge in [0, 0.05) is 6.20 Å². The van der Waals surface area contributed by atoms with E-state index in [2.05, 4.69) is 31.2 Å². The molecule has 3 heteroatoms. The topological polar surface area (TPSA) is 41.6 Å². The highest BCUT2D eigenvalue weighted by atomic mass is 15.3. The van der Waals surface area contributed by atoms with Crippen LogP contribution < -0.4 is 0 Å². The van der Waals surface area contributed by atoms with Crippen molar-refractivity contribution in [1.29, 1.82) is 5.26 Å². The van der Waals surface area contributed by atoms with Crippen LogP contribution in [0.25, 0.3) is 0 Å². The van der Waals surface area contributed by atoms with E-state index in [1.165, 1.54) is 5.56 Å². The Labute approximate surface area is 101 Å². The SMILES string of the molecule is CC(C)c1cnn(Cc2ccc(C#N)cc2)c1. The molecule has 0 fully saturated rings. The van der Waals surface area contributed by atoms with Gasteiger partial charge in [0.05, 0.1) is 24.4 Å². The molecule has 0 saturated heterocycles. The number of benzene rings is 1. The van der Waals surface area contributed by atoms with Crippen LogP contribution in [0.3, 0.4) is 0 Å². The molecule has 2 aromatic rings. The molecular weight excluding hydrogens is 210 g/mol. The molecule has 0 aliphatic rings. The molecule has 0 amide bonds. The highest BCUT2D eigenvalue weighted by molar-refractivity contribution is 5.31. The molecule has 0 atom stereocenters. The van der Waals surface area contributed by atoms with E-state index in [-0.39, 0.29) is 0 Å². The summed E-state index contributed by atoms with van der Waals surface area (Å²) in [5, 5.41) is 13.0. The lowest BCUT2D eigenvalue weighted by Crippen LogP contribution is -1.99. The van der Waals surface area contributed by atoms with E-state index >= 15 is 0 Å². The lowest BCUT2D eigenvalue weighted by atomic mass is 10.1. The minimum atomic E-state index is 0.504. The molecule has 1 aromatic carbocycles. The summed E-state index contributed by atoms with van der Waals surface area (Å²) in [5.41, 5.74) is 3.10. The van der Waals surface area contributed by atoms with Gasteiger partial charge < -0.3 is 0 Å². The molecule has 2 rings (SSSR count). The molecule has 0 bridgehead atoms. The molecule has 1 heterocycles.